The van der Waals surface area contributed by atoms with Gasteiger partial charge in [0.1, 0.15) is 11.3 Å². The number of hydrogen-bond donors (Lipinski definition) is 1. The van der Waals surface area contributed by atoms with Gasteiger partial charge in [0.05, 0.1) is 0 Å². The summed E-state index contributed by atoms with van der Waals surface area (Å²) < 4.78 is 0. The molecule has 0 atom stereocenters. The number of phenols is 1. The average molecular weight is 274 g/mol. The molecule has 2 aromatic rings. The highest BCUT2D eigenvalue weighted by molar-refractivity contribution is 6.31. The van der Waals surface area contributed by atoms with Gasteiger partial charge in [0.15, 0.2) is 0 Å². The van der Waals surface area contributed by atoms with Gasteiger partial charge in [0.25, 0.3) is 0 Å². The van der Waals surface area contributed by atoms with Gasteiger partial charge < -0.3 is 5.11 Å². The predicted octanol–water partition coefficient (Wildman–Crippen LogP) is 3.91. The Morgan fingerprint density at radius 2 is 2.00 bits per heavy atom. The van der Waals surface area contributed by atoms with Crippen molar-refractivity contribution in [1.29, 1.82) is 0 Å². The maximum atomic E-state index is 10.6. The number of nitrogens with zero attached hydrogens (tertiary/aromatic N) is 1. The quantitative estimate of drug-likeness (QED) is 0.666. The second-order valence-corrected chi connectivity index (χ2v) is 5.39. The summed E-state index contributed by atoms with van der Waals surface area (Å²) in [5.41, 5.74) is 0.0966. The lowest BCUT2D eigenvalue weighted by molar-refractivity contribution is 0.248. The van der Waals surface area contributed by atoms with Gasteiger partial charge in [-0.1, -0.05) is 17.7 Å². The van der Waals surface area contributed by atoms with Gasteiger partial charge in [0.2, 0.25) is 6.08 Å². The summed E-state index contributed by atoms with van der Waals surface area (Å²) in [6.07, 6.45) is 4.16. The molecule has 0 amide bonds. The van der Waals surface area contributed by atoms with E-state index >= 15 is 0 Å². The third kappa shape index (κ3) is 1.92. The monoisotopic (exact) mass is 273 g/mol. The van der Waals surface area contributed by atoms with Crippen LogP contribution in [0, 0.1) is 0 Å². The van der Waals surface area contributed by atoms with Gasteiger partial charge >= 0.3 is 0 Å². The minimum Gasteiger partial charge on any atom is -0.508 e. The SMILES string of the molecule is O=C=NC1(c2cc3cc(Cl)ccc3cc2O)CCC1. The van der Waals surface area contributed by atoms with Crippen LogP contribution in [0.2, 0.25) is 5.02 Å². The van der Waals surface area contributed by atoms with Crippen molar-refractivity contribution in [3.8, 4) is 5.75 Å². The van der Waals surface area contributed by atoms with Gasteiger partial charge in [-0.25, -0.2) is 4.79 Å². The molecule has 96 valence electrons. The van der Waals surface area contributed by atoms with E-state index in [0.29, 0.717) is 10.6 Å². The van der Waals surface area contributed by atoms with E-state index in [1.807, 2.05) is 18.2 Å². The Bertz CT molecular complexity index is 701. The molecule has 0 unspecified atom stereocenters. The molecule has 1 fully saturated rings. The molecular formula is C15H12ClNO2. The lowest BCUT2D eigenvalue weighted by Gasteiger charge is -2.37. The molecule has 1 aliphatic carbocycles. The van der Waals surface area contributed by atoms with E-state index in [0.717, 1.165) is 30.0 Å². The third-order valence-corrected chi connectivity index (χ3v) is 4.09. The van der Waals surface area contributed by atoms with Crippen molar-refractivity contribution in [2.75, 3.05) is 0 Å². The fraction of sp³-hybridized carbons (Fsp3) is 0.267. The van der Waals surface area contributed by atoms with E-state index in [9.17, 15) is 9.90 Å². The highest BCUT2D eigenvalue weighted by Crippen LogP contribution is 2.48. The zero-order valence-corrected chi connectivity index (χ0v) is 10.9. The van der Waals surface area contributed by atoms with Crippen LogP contribution in [0.5, 0.6) is 5.75 Å². The molecule has 0 spiro atoms. The summed E-state index contributed by atoms with van der Waals surface area (Å²) in [7, 11) is 0. The van der Waals surface area contributed by atoms with Crippen molar-refractivity contribution in [2.45, 2.75) is 24.8 Å². The number of isocyanates is 1. The predicted molar refractivity (Wildman–Crippen MR) is 74.3 cm³/mol. The first-order valence-electron chi connectivity index (χ1n) is 6.16. The smallest absolute Gasteiger partial charge is 0.235 e. The molecule has 3 rings (SSSR count). The Hall–Kier alpha value is -1.83. The van der Waals surface area contributed by atoms with Gasteiger partial charge in [-0.3, -0.25) is 0 Å². The molecule has 1 saturated carbocycles. The molecule has 0 bridgehead atoms. The summed E-state index contributed by atoms with van der Waals surface area (Å²) in [6, 6.07) is 9.05. The minimum atomic E-state index is -0.595. The Labute approximate surface area is 115 Å². The minimum absolute atomic E-state index is 0.175. The number of aromatic hydroxyl groups is 1. The van der Waals surface area contributed by atoms with Crippen LogP contribution in [-0.2, 0) is 10.3 Å². The number of phenolic OH excluding ortho intramolecular Hbond substituents is 1. The van der Waals surface area contributed by atoms with Crippen molar-refractivity contribution >= 4 is 28.5 Å². The van der Waals surface area contributed by atoms with Gasteiger partial charge in [0, 0.05) is 10.6 Å². The van der Waals surface area contributed by atoms with Crippen LogP contribution in [0.25, 0.3) is 10.8 Å². The largest absolute Gasteiger partial charge is 0.508 e. The molecule has 19 heavy (non-hydrogen) atoms. The molecule has 4 heteroatoms. The van der Waals surface area contributed by atoms with Gasteiger partial charge in [-0.05, 0) is 54.3 Å². The first-order valence-corrected chi connectivity index (χ1v) is 6.54. The normalized spacial score (nSPS) is 16.7. The number of carbonyl (C=O) groups excluding carboxylic acids is 1. The number of rotatable bonds is 2. The Kier molecular flexibility index (Phi) is 2.81. The summed E-state index contributed by atoms with van der Waals surface area (Å²) in [5, 5.41) is 12.7. The number of aliphatic imine (C=N–C) groups is 1. The van der Waals surface area contributed by atoms with Gasteiger partial charge in [-0.2, -0.15) is 4.99 Å². The Morgan fingerprint density at radius 3 is 2.63 bits per heavy atom. The third-order valence-electron chi connectivity index (χ3n) is 3.86. The zero-order valence-electron chi connectivity index (χ0n) is 10.2. The van der Waals surface area contributed by atoms with Crippen molar-refractivity contribution in [2.24, 2.45) is 4.99 Å². The molecule has 0 aliphatic heterocycles. The van der Waals surface area contributed by atoms with Crippen LogP contribution >= 0.6 is 11.6 Å². The first kappa shape index (κ1) is 12.2. The molecule has 0 aromatic heterocycles. The molecule has 3 nitrogen and oxygen atoms in total. The maximum absolute atomic E-state index is 10.6. The van der Waals surface area contributed by atoms with E-state index in [-0.39, 0.29) is 5.75 Å². The van der Waals surface area contributed by atoms with E-state index in [1.54, 1.807) is 18.2 Å². The maximum Gasteiger partial charge on any atom is 0.235 e. The topological polar surface area (TPSA) is 49.7 Å². The zero-order chi connectivity index (χ0) is 13.5. The van der Waals surface area contributed by atoms with E-state index in [2.05, 4.69) is 4.99 Å². The van der Waals surface area contributed by atoms with Gasteiger partial charge in [-0.15, -0.1) is 0 Å². The van der Waals surface area contributed by atoms with Crippen LogP contribution < -0.4 is 0 Å². The number of benzene rings is 2. The lowest BCUT2D eigenvalue weighted by Crippen LogP contribution is -2.31. The van der Waals surface area contributed by atoms with Crippen molar-refractivity contribution in [3.63, 3.8) is 0 Å². The highest BCUT2D eigenvalue weighted by atomic mass is 35.5. The molecule has 1 N–H and O–H groups in total. The summed E-state index contributed by atoms with van der Waals surface area (Å²) in [5.74, 6) is 0.175. The summed E-state index contributed by atoms with van der Waals surface area (Å²) in [4.78, 5) is 14.5. The van der Waals surface area contributed by atoms with Crippen molar-refractivity contribution in [3.05, 3.63) is 40.9 Å². The molecule has 0 heterocycles. The first-order chi connectivity index (χ1) is 9.14. The van der Waals surface area contributed by atoms with E-state index in [1.165, 1.54) is 0 Å². The van der Waals surface area contributed by atoms with E-state index in [4.69, 9.17) is 11.6 Å². The fourth-order valence-corrected chi connectivity index (χ4v) is 2.85. The summed E-state index contributed by atoms with van der Waals surface area (Å²) in [6.45, 7) is 0. The standard InChI is InChI=1S/C15H12ClNO2/c16-12-3-2-10-8-14(19)13(7-11(10)6-12)15(17-9-18)4-1-5-15/h2-3,6-8,19H,1,4-5H2. The molecule has 0 radical (unpaired) electrons. The van der Waals surface area contributed by atoms with Crippen molar-refractivity contribution < 1.29 is 9.90 Å². The van der Waals surface area contributed by atoms with Crippen LogP contribution in [0.15, 0.2) is 35.3 Å². The van der Waals surface area contributed by atoms with Crippen molar-refractivity contribution in [1.82, 2.24) is 0 Å². The highest BCUT2D eigenvalue weighted by Gasteiger charge is 2.40. The van der Waals surface area contributed by atoms with Crippen LogP contribution in [-0.4, -0.2) is 11.2 Å². The second-order valence-electron chi connectivity index (χ2n) is 4.95. The Morgan fingerprint density at radius 1 is 1.21 bits per heavy atom. The number of halogens is 1. The number of hydrogen-bond acceptors (Lipinski definition) is 3. The molecule has 2 aromatic carbocycles. The van der Waals surface area contributed by atoms with E-state index < -0.39 is 5.54 Å². The lowest BCUT2D eigenvalue weighted by atomic mass is 9.71. The van der Waals surface area contributed by atoms with Crippen LogP contribution in [0.3, 0.4) is 0 Å². The molecule has 0 saturated heterocycles. The second kappa shape index (κ2) is 4.37. The average Bonchev–Trinajstić information content (AvgIpc) is 2.34. The summed E-state index contributed by atoms with van der Waals surface area (Å²) >= 11 is 5.99. The van der Waals surface area contributed by atoms with Crippen LogP contribution in [0.1, 0.15) is 24.8 Å². The fourth-order valence-electron chi connectivity index (χ4n) is 2.67. The van der Waals surface area contributed by atoms with Crippen LogP contribution in [0.4, 0.5) is 0 Å². The molecular weight excluding hydrogens is 262 g/mol. The molecule has 1 aliphatic rings. The number of fused-ring (bicyclic) bond motifs is 1. The Balaban J connectivity index is 2.23.